The molecule has 5 heteroatoms. The molecule has 0 amide bonds. The van der Waals surface area contributed by atoms with Gasteiger partial charge >= 0.3 is 5.97 Å². The summed E-state index contributed by atoms with van der Waals surface area (Å²) in [5.41, 5.74) is 1.65. The smallest absolute Gasteiger partial charge is 0.326 e. The Hall–Kier alpha value is -1.42. The molecule has 1 heterocycles. The highest BCUT2D eigenvalue weighted by Crippen LogP contribution is 2.28. The first-order valence-corrected chi connectivity index (χ1v) is 3.98. The van der Waals surface area contributed by atoms with Gasteiger partial charge in [0.2, 0.25) is 0 Å². The molecule has 1 aromatic carbocycles. The zero-order valence-corrected chi connectivity index (χ0v) is 8.04. The third kappa shape index (κ3) is 1.75. The fourth-order valence-electron chi connectivity index (χ4n) is 1.50. The van der Waals surface area contributed by atoms with Crippen molar-refractivity contribution in [3.63, 3.8) is 0 Å². The van der Waals surface area contributed by atoms with Crippen molar-refractivity contribution in [2.24, 2.45) is 0 Å². The van der Waals surface area contributed by atoms with Crippen molar-refractivity contribution in [2.75, 3.05) is 5.32 Å². The number of anilines is 1. The second-order valence-electron chi connectivity index (χ2n) is 3.08. The predicted octanol–water partition coefficient (Wildman–Crippen LogP) is 1.24. The Labute approximate surface area is 87.0 Å². The zero-order valence-electron chi connectivity index (χ0n) is 7.23. The molecule has 4 nitrogen and oxygen atoms in total. The van der Waals surface area contributed by atoms with Crippen LogP contribution in [0.25, 0.3) is 0 Å². The van der Waals surface area contributed by atoms with Crippen molar-refractivity contribution < 1.29 is 15.0 Å². The maximum atomic E-state index is 10.6. The Morgan fingerprint density at radius 2 is 2.21 bits per heavy atom. The first-order chi connectivity index (χ1) is 6.16. The molecule has 0 aliphatic carbocycles. The molecular weight excluding hydrogens is 206 g/mol. The molecule has 2 rings (SSSR count). The van der Waals surface area contributed by atoms with Gasteiger partial charge in [-0.3, -0.25) is 0 Å². The number of aromatic hydroxyl groups is 1. The maximum absolute atomic E-state index is 10.6. The molecular formula is C9H10ClNO3. The molecule has 0 saturated heterocycles. The van der Waals surface area contributed by atoms with E-state index in [2.05, 4.69) is 5.32 Å². The summed E-state index contributed by atoms with van der Waals surface area (Å²) in [5, 5.41) is 20.7. The number of aliphatic carboxylic acids is 1. The quantitative estimate of drug-likeness (QED) is 0.617. The summed E-state index contributed by atoms with van der Waals surface area (Å²) in [6.45, 7) is 0. The molecule has 0 aromatic heterocycles. The van der Waals surface area contributed by atoms with Crippen molar-refractivity contribution in [1.82, 2.24) is 0 Å². The number of hydrogen-bond acceptors (Lipinski definition) is 3. The van der Waals surface area contributed by atoms with Crippen LogP contribution in [0, 0.1) is 0 Å². The normalized spacial score (nSPS) is 17.9. The number of fused-ring (bicyclic) bond motifs is 1. The second kappa shape index (κ2) is 3.75. The molecule has 0 saturated carbocycles. The molecule has 1 unspecified atom stereocenters. The number of phenols is 1. The highest BCUT2D eigenvalue weighted by atomic mass is 35.5. The van der Waals surface area contributed by atoms with Gasteiger partial charge in [0.25, 0.3) is 0 Å². The largest absolute Gasteiger partial charge is 0.508 e. The molecule has 1 aliphatic heterocycles. The van der Waals surface area contributed by atoms with Crippen LogP contribution in [-0.2, 0) is 11.2 Å². The van der Waals surface area contributed by atoms with E-state index >= 15 is 0 Å². The number of hydrogen-bond donors (Lipinski definition) is 3. The molecule has 0 spiro atoms. The number of carboxylic acids is 1. The lowest BCUT2D eigenvalue weighted by Crippen LogP contribution is -2.26. The average Bonchev–Trinajstić information content (AvgIpc) is 2.46. The van der Waals surface area contributed by atoms with Crippen molar-refractivity contribution in [1.29, 1.82) is 0 Å². The van der Waals surface area contributed by atoms with Gasteiger partial charge in [-0.1, -0.05) is 0 Å². The molecule has 14 heavy (non-hydrogen) atoms. The van der Waals surface area contributed by atoms with Gasteiger partial charge in [-0.2, -0.15) is 0 Å². The van der Waals surface area contributed by atoms with E-state index in [4.69, 9.17) is 10.2 Å². The number of halogens is 1. The summed E-state index contributed by atoms with van der Waals surface area (Å²) in [4.78, 5) is 10.6. The lowest BCUT2D eigenvalue weighted by molar-refractivity contribution is -0.137. The fraction of sp³-hybridized carbons (Fsp3) is 0.222. The van der Waals surface area contributed by atoms with Gasteiger partial charge in [-0.05, 0) is 23.8 Å². The summed E-state index contributed by atoms with van der Waals surface area (Å²) in [6, 6.07) is 4.26. The number of benzene rings is 1. The third-order valence-corrected chi connectivity index (χ3v) is 2.14. The van der Waals surface area contributed by atoms with Crippen LogP contribution < -0.4 is 5.32 Å². The molecule has 1 aromatic rings. The summed E-state index contributed by atoms with van der Waals surface area (Å²) in [6.07, 6.45) is 0.430. The van der Waals surface area contributed by atoms with Gasteiger partial charge in [0, 0.05) is 12.1 Å². The van der Waals surface area contributed by atoms with E-state index in [0.29, 0.717) is 6.42 Å². The maximum Gasteiger partial charge on any atom is 0.326 e. The molecule has 0 fully saturated rings. The summed E-state index contributed by atoms with van der Waals surface area (Å²) in [7, 11) is 0. The minimum atomic E-state index is -0.865. The topological polar surface area (TPSA) is 69.6 Å². The first-order valence-electron chi connectivity index (χ1n) is 3.98. The van der Waals surface area contributed by atoms with Crippen LogP contribution in [-0.4, -0.2) is 22.2 Å². The van der Waals surface area contributed by atoms with E-state index in [0.717, 1.165) is 11.3 Å². The highest BCUT2D eigenvalue weighted by molar-refractivity contribution is 5.85. The van der Waals surface area contributed by atoms with E-state index < -0.39 is 12.0 Å². The van der Waals surface area contributed by atoms with Gasteiger partial charge in [-0.25, -0.2) is 4.79 Å². The Morgan fingerprint density at radius 3 is 2.86 bits per heavy atom. The van der Waals surface area contributed by atoms with Crippen LogP contribution in [0.2, 0.25) is 0 Å². The van der Waals surface area contributed by atoms with E-state index in [-0.39, 0.29) is 18.2 Å². The molecule has 0 bridgehead atoms. The second-order valence-corrected chi connectivity index (χ2v) is 3.08. The minimum Gasteiger partial charge on any atom is -0.508 e. The van der Waals surface area contributed by atoms with E-state index in [9.17, 15) is 4.79 Å². The Balaban J connectivity index is 0.000000980. The van der Waals surface area contributed by atoms with Crippen molar-refractivity contribution in [2.45, 2.75) is 12.5 Å². The van der Waals surface area contributed by atoms with Crippen molar-refractivity contribution in [3.05, 3.63) is 23.8 Å². The molecule has 0 radical (unpaired) electrons. The first kappa shape index (κ1) is 10.7. The standard InChI is InChI=1S/C9H9NO3.ClH/c11-6-1-2-7-5(3-6)4-8(10-7)9(12)13;/h1-3,8,10-11H,4H2,(H,12,13);1H. The van der Waals surface area contributed by atoms with Crippen LogP contribution >= 0.6 is 12.4 Å². The van der Waals surface area contributed by atoms with Crippen molar-refractivity contribution >= 4 is 24.1 Å². The van der Waals surface area contributed by atoms with Gasteiger partial charge in [0.15, 0.2) is 0 Å². The van der Waals surface area contributed by atoms with E-state index in [1.807, 2.05) is 0 Å². The van der Waals surface area contributed by atoms with Crippen LogP contribution in [0.4, 0.5) is 5.69 Å². The molecule has 3 N–H and O–H groups in total. The molecule has 1 aliphatic rings. The lowest BCUT2D eigenvalue weighted by Gasteiger charge is -2.03. The average molecular weight is 216 g/mol. The minimum absolute atomic E-state index is 0. The zero-order chi connectivity index (χ0) is 9.42. The molecule has 1 atom stereocenters. The van der Waals surface area contributed by atoms with Gasteiger partial charge in [0.1, 0.15) is 11.8 Å². The summed E-state index contributed by atoms with van der Waals surface area (Å²) >= 11 is 0. The molecule has 76 valence electrons. The van der Waals surface area contributed by atoms with Gasteiger partial charge < -0.3 is 15.5 Å². The van der Waals surface area contributed by atoms with Crippen LogP contribution in [0.1, 0.15) is 5.56 Å². The Bertz CT molecular complexity index is 367. The number of rotatable bonds is 1. The monoisotopic (exact) mass is 215 g/mol. The van der Waals surface area contributed by atoms with E-state index in [1.54, 1.807) is 12.1 Å². The van der Waals surface area contributed by atoms with Gasteiger partial charge in [0.05, 0.1) is 0 Å². The highest BCUT2D eigenvalue weighted by Gasteiger charge is 2.26. The summed E-state index contributed by atoms with van der Waals surface area (Å²) in [5.74, 6) is -0.692. The van der Waals surface area contributed by atoms with Crippen molar-refractivity contribution in [3.8, 4) is 5.75 Å². The number of nitrogens with one attached hydrogen (secondary N) is 1. The number of phenolic OH excluding ortho intramolecular Hbond substituents is 1. The Kier molecular flexibility index (Phi) is 2.86. The van der Waals surface area contributed by atoms with Gasteiger partial charge in [-0.15, -0.1) is 12.4 Å². The third-order valence-electron chi connectivity index (χ3n) is 2.14. The SMILES string of the molecule is Cl.O=C(O)C1Cc2cc(O)ccc2N1. The Morgan fingerprint density at radius 1 is 1.50 bits per heavy atom. The van der Waals surface area contributed by atoms with Crippen LogP contribution in [0.15, 0.2) is 18.2 Å². The van der Waals surface area contributed by atoms with Crippen LogP contribution in [0.3, 0.4) is 0 Å². The van der Waals surface area contributed by atoms with E-state index in [1.165, 1.54) is 6.07 Å². The summed E-state index contributed by atoms with van der Waals surface area (Å²) < 4.78 is 0. The predicted molar refractivity (Wildman–Crippen MR) is 54.1 cm³/mol. The lowest BCUT2D eigenvalue weighted by atomic mass is 10.1. The number of carbonyl (C=O) groups is 1. The van der Waals surface area contributed by atoms with Crippen LogP contribution in [0.5, 0.6) is 5.75 Å². The number of carboxylic acid groups (broad SMARTS) is 1. The fourth-order valence-corrected chi connectivity index (χ4v) is 1.50.